The third kappa shape index (κ3) is 2.94. The molecule has 4 heteroatoms. The Morgan fingerprint density at radius 1 is 1.30 bits per heavy atom. The van der Waals surface area contributed by atoms with Gasteiger partial charge in [0.1, 0.15) is 0 Å². The molecule has 1 aliphatic rings. The summed E-state index contributed by atoms with van der Waals surface area (Å²) in [6.45, 7) is 4.27. The van der Waals surface area contributed by atoms with Crippen molar-refractivity contribution >= 4 is 29.0 Å². The van der Waals surface area contributed by atoms with Gasteiger partial charge in [-0.3, -0.25) is 14.5 Å². The number of rotatable bonds is 3. The minimum atomic E-state index is -0.314. The van der Waals surface area contributed by atoms with Crippen LogP contribution in [-0.4, -0.2) is 22.6 Å². The molecule has 0 spiro atoms. The van der Waals surface area contributed by atoms with Gasteiger partial charge in [-0.25, -0.2) is 0 Å². The third-order valence-corrected chi connectivity index (χ3v) is 3.93. The molecular formula is C16H15NO2S. The van der Waals surface area contributed by atoms with Crippen LogP contribution in [0, 0.1) is 12.3 Å². The average Bonchev–Trinajstić information content (AvgIpc) is 2.67. The van der Waals surface area contributed by atoms with Gasteiger partial charge in [-0.05, 0) is 34.9 Å². The number of carbonyl (C=O) groups is 2. The van der Waals surface area contributed by atoms with Gasteiger partial charge >= 0.3 is 0 Å². The van der Waals surface area contributed by atoms with Crippen LogP contribution in [0.5, 0.6) is 0 Å². The van der Waals surface area contributed by atoms with Crippen molar-refractivity contribution in [1.82, 2.24) is 4.90 Å². The molecule has 1 saturated heterocycles. The number of benzene rings is 1. The van der Waals surface area contributed by atoms with Crippen LogP contribution in [0.2, 0.25) is 0 Å². The Labute approximate surface area is 123 Å². The monoisotopic (exact) mass is 285 g/mol. The normalized spacial score (nSPS) is 17.1. The van der Waals surface area contributed by atoms with Crippen LogP contribution in [0.15, 0.2) is 29.2 Å². The van der Waals surface area contributed by atoms with Crippen LogP contribution >= 0.6 is 11.8 Å². The number of terminal acetylenes is 1. The van der Waals surface area contributed by atoms with E-state index in [0.29, 0.717) is 10.8 Å². The van der Waals surface area contributed by atoms with Crippen molar-refractivity contribution in [3.8, 4) is 12.3 Å². The SMILES string of the molecule is C#CCN1C(=O)S/C(=C\c2ccc(C(C)C)cc2)C1=O. The molecule has 102 valence electrons. The van der Waals surface area contributed by atoms with Gasteiger partial charge in [0, 0.05) is 0 Å². The highest BCUT2D eigenvalue weighted by atomic mass is 32.2. The highest BCUT2D eigenvalue weighted by Gasteiger charge is 2.34. The first-order valence-corrected chi connectivity index (χ1v) is 7.13. The molecule has 0 bridgehead atoms. The maximum Gasteiger partial charge on any atom is 0.294 e. The molecule has 2 rings (SSSR count). The maximum atomic E-state index is 12.0. The molecule has 0 unspecified atom stereocenters. The fourth-order valence-corrected chi connectivity index (χ4v) is 2.69. The summed E-state index contributed by atoms with van der Waals surface area (Å²) in [6, 6.07) is 7.96. The molecule has 1 aliphatic heterocycles. The van der Waals surface area contributed by atoms with E-state index in [1.807, 2.05) is 24.3 Å². The first kappa shape index (κ1) is 14.4. The van der Waals surface area contributed by atoms with E-state index in [9.17, 15) is 9.59 Å². The van der Waals surface area contributed by atoms with Crippen LogP contribution in [0.1, 0.15) is 30.9 Å². The van der Waals surface area contributed by atoms with Crippen LogP contribution in [-0.2, 0) is 4.79 Å². The number of amides is 2. The zero-order chi connectivity index (χ0) is 14.7. The molecule has 0 aliphatic carbocycles. The van der Waals surface area contributed by atoms with Crippen LogP contribution in [0.25, 0.3) is 6.08 Å². The van der Waals surface area contributed by atoms with Crippen LogP contribution < -0.4 is 0 Å². The van der Waals surface area contributed by atoms with Gasteiger partial charge in [-0.2, -0.15) is 0 Å². The molecule has 20 heavy (non-hydrogen) atoms. The Morgan fingerprint density at radius 2 is 1.95 bits per heavy atom. The van der Waals surface area contributed by atoms with Gasteiger partial charge < -0.3 is 0 Å². The predicted molar refractivity (Wildman–Crippen MR) is 82.0 cm³/mol. The quantitative estimate of drug-likeness (QED) is 0.630. The molecule has 1 heterocycles. The number of imide groups is 1. The van der Waals surface area contributed by atoms with Crippen molar-refractivity contribution in [2.75, 3.05) is 6.54 Å². The largest absolute Gasteiger partial charge is 0.294 e. The molecule has 0 atom stereocenters. The predicted octanol–water partition coefficient (Wildman–Crippen LogP) is 3.48. The Balaban J connectivity index is 2.22. The summed E-state index contributed by atoms with van der Waals surface area (Å²) in [5.74, 6) is 2.47. The summed E-state index contributed by atoms with van der Waals surface area (Å²) < 4.78 is 0. The Morgan fingerprint density at radius 3 is 2.50 bits per heavy atom. The highest BCUT2D eigenvalue weighted by Crippen LogP contribution is 2.32. The molecule has 1 fully saturated rings. The lowest BCUT2D eigenvalue weighted by molar-refractivity contribution is -0.122. The average molecular weight is 285 g/mol. The number of thioether (sulfide) groups is 1. The Bertz CT molecular complexity index is 608. The van der Waals surface area contributed by atoms with Gasteiger partial charge in [0.2, 0.25) is 0 Å². The van der Waals surface area contributed by atoms with E-state index in [4.69, 9.17) is 6.42 Å². The number of nitrogens with zero attached hydrogens (tertiary/aromatic N) is 1. The second-order valence-corrected chi connectivity index (χ2v) is 5.79. The van der Waals surface area contributed by atoms with Crippen molar-refractivity contribution in [3.05, 3.63) is 40.3 Å². The van der Waals surface area contributed by atoms with Gasteiger partial charge in [0.15, 0.2) is 0 Å². The number of carbonyl (C=O) groups excluding carboxylic acids is 2. The molecule has 1 aromatic rings. The summed E-state index contributed by atoms with van der Waals surface area (Å²) in [5.41, 5.74) is 2.14. The lowest BCUT2D eigenvalue weighted by atomic mass is 10.0. The number of hydrogen-bond acceptors (Lipinski definition) is 3. The van der Waals surface area contributed by atoms with E-state index in [2.05, 4.69) is 19.8 Å². The smallest absolute Gasteiger partial charge is 0.268 e. The van der Waals surface area contributed by atoms with Gasteiger partial charge in [0.25, 0.3) is 11.1 Å². The standard InChI is InChI=1S/C16H15NO2S/c1-4-9-17-15(18)14(20-16(17)19)10-12-5-7-13(8-6-12)11(2)3/h1,5-8,10-11H,9H2,2-3H3/b14-10-. The van der Waals surface area contributed by atoms with E-state index >= 15 is 0 Å². The molecular weight excluding hydrogens is 270 g/mol. The number of hydrogen-bond donors (Lipinski definition) is 0. The molecule has 2 amide bonds. The summed E-state index contributed by atoms with van der Waals surface area (Å²) in [6.07, 6.45) is 6.88. The zero-order valence-electron chi connectivity index (χ0n) is 11.4. The summed E-state index contributed by atoms with van der Waals surface area (Å²) in [5, 5.41) is -0.307. The van der Waals surface area contributed by atoms with Gasteiger partial charge in [-0.15, -0.1) is 6.42 Å². The molecule has 3 nitrogen and oxygen atoms in total. The molecule has 0 N–H and O–H groups in total. The lowest BCUT2D eigenvalue weighted by Gasteiger charge is -2.06. The third-order valence-electron chi connectivity index (χ3n) is 3.02. The van der Waals surface area contributed by atoms with E-state index in [1.165, 1.54) is 5.56 Å². The Kier molecular flexibility index (Phi) is 4.31. The van der Waals surface area contributed by atoms with Crippen molar-refractivity contribution < 1.29 is 9.59 Å². The minimum Gasteiger partial charge on any atom is -0.268 e. The minimum absolute atomic E-state index is 0.0221. The van der Waals surface area contributed by atoms with Gasteiger partial charge in [-0.1, -0.05) is 44.0 Å². The highest BCUT2D eigenvalue weighted by molar-refractivity contribution is 8.18. The maximum absolute atomic E-state index is 12.0. The van der Waals surface area contributed by atoms with Crippen molar-refractivity contribution in [2.45, 2.75) is 19.8 Å². The van der Waals surface area contributed by atoms with Crippen LogP contribution in [0.3, 0.4) is 0 Å². The van der Waals surface area contributed by atoms with Crippen molar-refractivity contribution in [2.24, 2.45) is 0 Å². The molecule has 1 aromatic carbocycles. The molecule has 0 aromatic heterocycles. The van der Waals surface area contributed by atoms with Crippen LogP contribution in [0.4, 0.5) is 4.79 Å². The fraction of sp³-hybridized carbons (Fsp3) is 0.250. The molecule has 0 saturated carbocycles. The fourth-order valence-electron chi connectivity index (χ4n) is 1.86. The zero-order valence-corrected chi connectivity index (χ0v) is 12.2. The van der Waals surface area contributed by atoms with E-state index in [-0.39, 0.29) is 17.7 Å². The first-order valence-electron chi connectivity index (χ1n) is 6.31. The van der Waals surface area contributed by atoms with E-state index < -0.39 is 0 Å². The molecule has 0 radical (unpaired) electrons. The first-order chi connectivity index (χ1) is 9.52. The second kappa shape index (κ2) is 5.98. The summed E-state index contributed by atoms with van der Waals surface area (Å²) >= 11 is 0.930. The van der Waals surface area contributed by atoms with E-state index in [1.54, 1.807) is 6.08 Å². The summed E-state index contributed by atoms with van der Waals surface area (Å²) in [7, 11) is 0. The Hall–Kier alpha value is -1.99. The van der Waals surface area contributed by atoms with Crippen molar-refractivity contribution in [1.29, 1.82) is 0 Å². The van der Waals surface area contributed by atoms with E-state index in [0.717, 1.165) is 22.2 Å². The second-order valence-electron chi connectivity index (χ2n) is 4.79. The topological polar surface area (TPSA) is 37.4 Å². The van der Waals surface area contributed by atoms with Crippen molar-refractivity contribution in [3.63, 3.8) is 0 Å². The summed E-state index contributed by atoms with van der Waals surface area (Å²) in [4.78, 5) is 25.2. The van der Waals surface area contributed by atoms with Gasteiger partial charge in [0.05, 0.1) is 11.4 Å². The lowest BCUT2D eigenvalue weighted by Crippen LogP contribution is -2.28.